The molecule has 0 aliphatic carbocycles. The molecule has 3 rings (SSSR count). The van der Waals surface area contributed by atoms with E-state index in [1.54, 1.807) is 0 Å². The summed E-state index contributed by atoms with van der Waals surface area (Å²) in [4.78, 5) is 4.89. The monoisotopic (exact) mass is 444 g/mol. The van der Waals surface area contributed by atoms with E-state index in [0.29, 0.717) is 0 Å². The zero-order valence-electron chi connectivity index (χ0n) is 20.9. The zero-order valence-corrected chi connectivity index (χ0v) is 20.9. The number of fused-ring (bicyclic) bond motifs is 1. The van der Waals surface area contributed by atoms with Crippen molar-refractivity contribution in [3.05, 3.63) is 66.0 Å². The van der Waals surface area contributed by atoms with Crippen molar-refractivity contribution in [1.29, 1.82) is 0 Å². The molecule has 3 aromatic rings. The Labute approximate surface area is 202 Å². The Morgan fingerprint density at radius 3 is 1.79 bits per heavy atom. The van der Waals surface area contributed by atoms with Crippen molar-refractivity contribution in [2.24, 2.45) is 0 Å². The number of benzene rings is 2. The Morgan fingerprint density at radius 2 is 1.15 bits per heavy atom. The summed E-state index contributed by atoms with van der Waals surface area (Å²) in [5.41, 5.74) is 3.56. The standard InChI is InChI=1S/C31H44N2/c1-2-3-4-5-6-7-8-9-10-11-12-13-14-20-27-33-30-24-19-18-23-29(30)32-31(33)26-25-28-21-16-15-17-22-28/h15-19,21-26H,2-14,20,27H2,1H3/b26-25+. The van der Waals surface area contributed by atoms with Crippen molar-refractivity contribution in [3.8, 4) is 0 Å². The number of unbranched alkanes of at least 4 members (excludes halogenated alkanes) is 13. The van der Waals surface area contributed by atoms with Crippen LogP contribution in [-0.4, -0.2) is 9.55 Å². The Bertz CT molecular complexity index is 923. The molecule has 0 atom stereocenters. The molecule has 0 unspecified atom stereocenters. The average molecular weight is 445 g/mol. The van der Waals surface area contributed by atoms with Crippen molar-refractivity contribution >= 4 is 23.2 Å². The molecule has 0 aliphatic heterocycles. The summed E-state index contributed by atoms with van der Waals surface area (Å²) in [7, 11) is 0. The first-order valence-electron chi connectivity index (χ1n) is 13.6. The van der Waals surface area contributed by atoms with Gasteiger partial charge < -0.3 is 4.57 Å². The average Bonchev–Trinajstić information content (AvgIpc) is 3.21. The predicted molar refractivity (Wildman–Crippen MR) is 145 cm³/mol. The Morgan fingerprint density at radius 1 is 0.606 bits per heavy atom. The molecule has 2 aromatic carbocycles. The number of hydrogen-bond donors (Lipinski definition) is 0. The van der Waals surface area contributed by atoms with E-state index in [9.17, 15) is 0 Å². The Hall–Kier alpha value is -2.35. The van der Waals surface area contributed by atoms with Crippen molar-refractivity contribution in [1.82, 2.24) is 9.55 Å². The molecule has 0 saturated carbocycles. The highest BCUT2D eigenvalue weighted by atomic mass is 15.1. The molecule has 2 heteroatoms. The normalized spacial score (nSPS) is 11.7. The molecule has 2 nitrogen and oxygen atoms in total. The molecule has 0 radical (unpaired) electrons. The molecule has 0 N–H and O–H groups in total. The summed E-state index contributed by atoms with van der Waals surface area (Å²) in [5.74, 6) is 1.06. The van der Waals surface area contributed by atoms with Crippen LogP contribution in [0.1, 0.15) is 108 Å². The number of aromatic nitrogens is 2. The highest BCUT2D eigenvalue weighted by molar-refractivity contribution is 5.79. The lowest BCUT2D eigenvalue weighted by molar-refractivity contribution is 0.525. The van der Waals surface area contributed by atoms with Crippen LogP contribution in [0, 0.1) is 0 Å². The van der Waals surface area contributed by atoms with Gasteiger partial charge >= 0.3 is 0 Å². The lowest BCUT2D eigenvalue weighted by Gasteiger charge is -2.07. The van der Waals surface area contributed by atoms with Gasteiger partial charge in [-0.25, -0.2) is 4.98 Å². The SMILES string of the molecule is CCCCCCCCCCCCCCCCn1c(/C=C/c2ccccc2)nc2ccccc21. The molecule has 0 spiro atoms. The summed E-state index contributed by atoms with van der Waals surface area (Å²) < 4.78 is 2.40. The lowest BCUT2D eigenvalue weighted by atomic mass is 10.0. The molecular weight excluding hydrogens is 400 g/mol. The largest absolute Gasteiger partial charge is 0.324 e. The van der Waals surface area contributed by atoms with Crippen LogP contribution in [-0.2, 0) is 6.54 Å². The second kappa shape index (κ2) is 15.5. The first-order chi connectivity index (χ1) is 16.4. The topological polar surface area (TPSA) is 17.8 Å². The first-order valence-corrected chi connectivity index (χ1v) is 13.6. The van der Waals surface area contributed by atoms with Crippen LogP contribution in [0.15, 0.2) is 54.6 Å². The zero-order chi connectivity index (χ0) is 23.0. The minimum atomic E-state index is 1.05. The number of aryl methyl sites for hydroxylation is 1. The fraction of sp³-hybridized carbons (Fsp3) is 0.516. The molecule has 0 amide bonds. The minimum absolute atomic E-state index is 1.05. The molecule has 0 fully saturated rings. The lowest BCUT2D eigenvalue weighted by Crippen LogP contribution is -2.00. The molecule has 33 heavy (non-hydrogen) atoms. The van der Waals surface area contributed by atoms with Gasteiger partial charge in [0.2, 0.25) is 0 Å². The summed E-state index contributed by atoms with van der Waals surface area (Å²) in [5, 5.41) is 0. The third-order valence-electron chi connectivity index (χ3n) is 6.64. The predicted octanol–water partition coefficient (Wildman–Crippen LogP) is 9.69. The fourth-order valence-corrected chi connectivity index (χ4v) is 4.66. The molecular formula is C31H44N2. The highest BCUT2D eigenvalue weighted by Gasteiger charge is 2.07. The van der Waals surface area contributed by atoms with E-state index < -0.39 is 0 Å². The highest BCUT2D eigenvalue weighted by Crippen LogP contribution is 2.20. The maximum atomic E-state index is 4.89. The Balaban J connectivity index is 1.34. The van der Waals surface area contributed by atoms with E-state index in [1.807, 2.05) is 0 Å². The van der Waals surface area contributed by atoms with Crippen LogP contribution < -0.4 is 0 Å². The van der Waals surface area contributed by atoms with Crippen LogP contribution in [0.2, 0.25) is 0 Å². The maximum absolute atomic E-state index is 4.89. The van der Waals surface area contributed by atoms with Crippen molar-refractivity contribution in [3.63, 3.8) is 0 Å². The van der Waals surface area contributed by atoms with Crippen LogP contribution in [0.3, 0.4) is 0 Å². The van der Waals surface area contributed by atoms with E-state index in [2.05, 4.69) is 78.2 Å². The van der Waals surface area contributed by atoms with E-state index in [0.717, 1.165) is 17.9 Å². The van der Waals surface area contributed by atoms with Gasteiger partial charge in [0.1, 0.15) is 5.82 Å². The second-order valence-corrected chi connectivity index (χ2v) is 9.45. The van der Waals surface area contributed by atoms with Gasteiger partial charge in [-0.1, -0.05) is 139 Å². The van der Waals surface area contributed by atoms with Gasteiger partial charge in [0.25, 0.3) is 0 Å². The summed E-state index contributed by atoms with van der Waals surface area (Å²) >= 11 is 0. The first kappa shape index (κ1) is 25.3. The third-order valence-corrected chi connectivity index (χ3v) is 6.64. The summed E-state index contributed by atoms with van der Waals surface area (Å²) in [6.07, 6.45) is 23.9. The van der Waals surface area contributed by atoms with Gasteiger partial charge in [-0.3, -0.25) is 0 Å². The number of rotatable bonds is 17. The molecule has 178 valence electrons. The van der Waals surface area contributed by atoms with Gasteiger partial charge in [0, 0.05) is 6.54 Å². The quantitative estimate of drug-likeness (QED) is 0.189. The van der Waals surface area contributed by atoms with E-state index in [4.69, 9.17) is 4.98 Å². The number of nitrogens with zero attached hydrogens (tertiary/aromatic N) is 2. The van der Waals surface area contributed by atoms with Crippen molar-refractivity contribution in [2.45, 2.75) is 103 Å². The smallest absolute Gasteiger partial charge is 0.133 e. The number of imidazole rings is 1. The van der Waals surface area contributed by atoms with Gasteiger partial charge in [-0.15, -0.1) is 0 Å². The third kappa shape index (κ3) is 9.20. The van der Waals surface area contributed by atoms with E-state index >= 15 is 0 Å². The minimum Gasteiger partial charge on any atom is -0.324 e. The molecule has 1 heterocycles. The molecule has 0 aliphatic rings. The van der Waals surface area contributed by atoms with Gasteiger partial charge in [-0.2, -0.15) is 0 Å². The van der Waals surface area contributed by atoms with Crippen LogP contribution >= 0.6 is 0 Å². The Kier molecular flexibility index (Phi) is 11.9. The fourth-order valence-electron chi connectivity index (χ4n) is 4.66. The number of hydrogen-bond acceptors (Lipinski definition) is 1. The van der Waals surface area contributed by atoms with Gasteiger partial charge in [0.05, 0.1) is 11.0 Å². The van der Waals surface area contributed by atoms with Crippen molar-refractivity contribution in [2.75, 3.05) is 0 Å². The van der Waals surface area contributed by atoms with Crippen LogP contribution in [0.5, 0.6) is 0 Å². The van der Waals surface area contributed by atoms with E-state index in [-0.39, 0.29) is 0 Å². The van der Waals surface area contributed by atoms with Gasteiger partial charge in [-0.05, 0) is 30.2 Å². The maximum Gasteiger partial charge on any atom is 0.133 e. The second-order valence-electron chi connectivity index (χ2n) is 9.45. The van der Waals surface area contributed by atoms with E-state index in [1.165, 1.54) is 101 Å². The molecule has 0 bridgehead atoms. The molecule has 1 aromatic heterocycles. The van der Waals surface area contributed by atoms with Crippen LogP contribution in [0.4, 0.5) is 0 Å². The summed E-state index contributed by atoms with van der Waals surface area (Å²) in [6, 6.07) is 19.0. The molecule has 0 saturated heterocycles. The van der Waals surface area contributed by atoms with Crippen LogP contribution in [0.25, 0.3) is 23.2 Å². The number of para-hydroxylation sites is 2. The summed E-state index contributed by atoms with van der Waals surface area (Å²) in [6.45, 7) is 3.34. The van der Waals surface area contributed by atoms with Gasteiger partial charge in [0.15, 0.2) is 0 Å². The van der Waals surface area contributed by atoms with Crippen molar-refractivity contribution < 1.29 is 0 Å².